The Morgan fingerprint density at radius 1 is 1.13 bits per heavy atom. The van der Waals surface area contributed by atoms with Crippen molar-refractivity contribution in [1.29, 1.82) is 0 Å². The summed E-state index contributed by atoms with van der Waals surface area (Å²) in [6.45, 7) is 10.1. The molecule has 3 rings (SSSR count). The minimum absolute atomic E-state index is 0.586. The molecule has 3 aliphatic carbocycles. The number of hydrogen-bond acceptors (Lipinski definition) is 0. The molecule has 3 saturated carbocycles. The first kappa shape index (κ1) is 10.1. The van der Waals surface area contributed by atoms with Gasteiger partial charge >= 0.3 is 0 Å². The molecule has 0 nitrogen and oxygen atoms in total. The Morgan fingerprint density at radius 3 is 2.60 bits per heavy atom. The number of hydrogen-bond donors (Lipinski definition) is 0. The van der Waals surface area contributed by atoms with Crippen LogP contribution in [0.4, 0.5) is 0 Å². The molecular formula is C15H25+. The summed E-state index contributed by atoms with van der Waals surface area (Å²) in [6, 6.07) is 0. The lowest BCUT2D eigenvalue weighted by Crippen LogP contribution is -2.46. The van der Waals surface area contributed by atoms with Crippen LogP contribution in [0.5, 0.6) is 0 Å². The van der Waals surface area contributed by atoms with Gasteiger partial charge in [0.05, 0.1) is 6.42 Å². The molecule has 0 radical (unpaired) electrons. The summed E-state index contributed by atoms with van der Waals surface area (Å²) in [5, 5.41) is 0. The molecule has 0 heteroatoms. The van der Waals surface area contributed by atoms with Gasteiger partial charge in [-0.2, -0.15) is 0 Å². The normalized spacial score (nSPS) is 52.0. The Balaban J connectivity index is 2.01. The van der Waals surface area contributed by atoms with Crippen molar-refractivity contribution >= 4 is 0 Å². The SMILES string of the molecule is C[C@H]1CC[C+]2[C@H]1C[C@H]1CC[C@]2(C)C1(C)C. The number of rotatable bonds is 0. The van der Waals surface area contributed by atoms with Crippen molar-refractivity contribution in [2.24, 2.45) is 28.6 Å². The van der Waals surface area contributed by atoms with E-state index in [1.165, 1.54) is 32.1 Å². The summed E-state index contributed by atoms with van der Waals surface area (Å²) < 4.78 is 0. The summed E-state index contributed by atoms with van der Waals surface area (Å²) in [6.07, 6.45) is 7.40. The number of fused-ring (bicyclic) bond motifs is 4. The molecule has 0 unspecified atom stereocenters. The van der Waals surface area contributed by atoms with E-state index in [1.54, 1.807) is 0 Å². The Labute approximate surface area is 94.8 Å². The van der Waals surface area contributed by atoms with Gasteiger partial charge in [0.15, 0.2) is 0 Å². The first-order valence-corrected chi connectivity index (χ1v) is 6.83. The van der Waals surface area contributed by atoms with Crippen LogP contribution in [0.3, 0.4) is 0 Å². The molecule has 0 saturated heterocycles. The molecule has 0 aromatic heterocycles. The molecule has 0 spiro atoms. The van der Waals surface area contributed by atoms with Crippen LogP contribution in [0.25, 0.3) is 0 Å². The van der Waals surface area contributed by atoms with E-state index in [4.69, 9.17) is 0 Å². The van der Waals surface area contributed by atoms with Gasteiger partial charge in [-0.3, -0.25) is 0 Å². The Hall–Kier alpha value is -0.130. The summed E-state index contributed by atoms with van der Waals surface area (Å²) in [5.41, 5.74) is 1.17. The van der Waals surface area contributed by atoms with E-state index in [-0.39, 0.29) is 0 Å². The molecule has 4 atom stereocenters. The van der Waals surface area contributed by atoms with Gasteiger partial charge in [0.2, 0.25) is 0 Å². The van der Waals surface area contributed by atoms with Crippen LogP contribution in [0.15, 0.2) is 0 Å². The van der Waals surface area contributed by atoms with Crippen molar-refractivity contribution in [2.75, 3.05) is 0 Å². The van der Waals surface area contributed by atoms with Crippen LogP contribution in [-0.4, -0.2) is 0 Å². The summed E-state index contributed by atoms with van der Waals surface area (Å²) in [7, 11) is 0. The molecule has 0 N–H and O–H groups in total. The highest BCUT2D eigenvalue weighted by Crippen LogP contribution is 2.71. The maximum absolute atomic E-state index is 2.58. The van der Waals surface area contributed by atoms with Crippen molar-refractivity contribution in [3.05, 3.63) is 5.92 Å². The van der Waals surface area contributed by atoms with E-state index < -0.39 is 0 Å². The van der Waals surface area contributed by atoms with Crippen LogP contribution in [0.1, 0.15) is 59.8 Å². The van der Waals surface area contributed by atoms with Crippen LogP contribution >= 0.6 is 0 Å². The smallest absolute Gasteiger partial charge is 0.0580 e. The molecule has 0 amide bonds. The third-order valence-electron chi connectivity index (χ3n) is 6.69. The van der Waals surface area contributed by atoms with E-state index >= 15 is 0 Å². The molecule has 0 heterocycles. The van der Waals surface area contributed by atoms with Crippen LogP contribution in [0.2, 0.25) is 0 Å². The first-order chi connectivity index (χ1) is 6.97. The van der Waals surface area contributed by atoms with Crippen molar-refractivity contribution in [2.45, 2.75) is 59.8 Å². The Morgan fingerprint density at radius 2 is 1.87 bits per heavy atom. The topological polar surface area (TPSA) is 0 Å². The fourth-order valence-electron chi connectivity index (χ4n) is 5.06. The highest BCUT2D eigenvalue weighted by atomic mass is 14.7. The highest BCUT2D eigenvalue weighted by molar-refractivity contribution is 5.25. The zero-order chi connectivity index (χ0) is 10.8. The van der Waals surface area contributed by atoms with Gasteiger partial charge in [0, 0.05) is 11.3 Å². The quantitative estimate of drug-likeness (QED) is 0.512. The molecule has 2 bridgehead atoms. The standard InChI is InChI=1S/C15H25/c1-10-5-6-13-12(10)9-11-7-8-15(13,4)14(11,2)3/h10-12H,5-9H2,1-4H3/q+1/t10-,11+,12-,15-/m0/s1. The predicted octanol–water partition coefficient (Wildman–Crippen LogP) is 4.45. The average Bonchev–Trinajstić information content (AvgIpc) is 2.55. The lowest BCUT2D eigenvalue weighted by atomic mass is 9.51. The van der Waals surface area contributed by atoms with Gasteiger partial charge in [-0.15, -0.1) is 0 Å². The van der Waals surface area contributed by atoms with Crippen molar-refractivity contribution in [3.8, 4) is 0 Å². The van der Waals surface area contributed by atoms with Crippen LogP contribution in [-0.2, 0) is 0 Å². The second kappa shape index (κ2) is 2.76. The average molecular weight is 205 g/mol. The molecule has 84 valence electrons. The van der Waals surface area contributed by atoms with Gasteiger partial charge in [-0.1, -0.05) is 20.8 Å². The van der Waals surface area contributed by atoms with Gasteiger partial charge in [0.1, 0.15) is 17.3 Å². The molecule has 0 aliphatic heterocycles. The van der Waals surface area contributed by atoms with Crippen molar-refractivity contribution in [3.63, 3.8) is 0 Å². The minimum atomic E-state index is 0.586. The lowest BCUT2D eigenvalue weighted by molar-refractivity contribution is 0.0316. The lowest BCUT2D eigenvalue weighted by Gasteiger charge is -2.45. The molecule has 3 fully saturated rings. The maximum atomic E-state index is 2.58. The van der Waals surface area contributed by atoms with Crippen LogP contribution < -0.4 is 0 Å². The predicted molar refractivity (Wildman–Crippen MR) is 64.4 cm³/mol. The molecular weight excluding hydrogens is 180 g/mol. The minimum Gasteiger partial charge on any atom is -0.0580 e. The third-order valence-corrected chi connectivity index (χ3v) is 6.69. The van der Waals surface area contributed by atoms with Gasteiger partial charge in [0.25, 0.3) is 0 Å². The molecule has 0 aromatic carbocycles. The van der Waals surface area contributed by atoms with Gasteiger partial charge in [-0.05, 0) is 38.5 Å². The zero-order valence-electron chi connectivity index (χ0n) is 10.8. The zero-order valence-corrected chi connectivity index (χ0v) is 10.8. The van der Waals surface area contributed by atoms with Crippen molar-refractivity contribution in [1.82, 2.24) is 0 Å². The van der Waals surface area contributed by atoms with E-state index in [2.05, 4.69) is 27.7 Å². The van der Waals surface area contributed by atoms with E-state index in [1.807, 2.05) is 5.92 Å². The first-order valence-electron chi connectivity index (χ1n) is 6.83. The summed E-state index contributed by atoms with van der Waals surface area (Å²) >= 11 is 0. The van der Waals surface area contributed by atoms with Crippen molar-refractivity contribution < 1.29 is 0 Å². The van der Waals surface area contributed by atoms with Gasteiger partial charge < -0.3 is 0 Å². The van der Waals surface area contributed by atoms with Gasteiger partial charge in [-0.25, -0.2) is 0 Å². The fraction of sp³-hybridized carbons (Fsp3) is 0.933. The summed E-state index contributed by atoms with van der Waals surface area (Å²) in [5.74, 6) is 4.96. The molecule has 15 heavy (non-hydrogen) atoms. The maximum Gasteiger partial charge on any atom is 0.113 e. The highest BCUT2D eigenvalue weighted by Gasteiger charge is 2.70. The second-order valence-electron chi connectivity index (χ2n) is 7.17. The second-order valence-corrected chi connectivity index (χ2v) is 7.17. The van der Waals surface area contributed by atoms with E-state index in [0.29, 0.717) is 10.8 Å². The summed E-state index contributed by atoms with van der Waals surface area (Å²) in [4.78, 5) is 0. The monoisotopic (exact) mass is 205 g/mol. The molecule has 3 aliphatic rings. The Kier molecular flexibility index (Phi) is 1.85. The van der Waals surface area contributed by atoms with E-state index in [0.717, 1.165) is 17.8 Å². The fourth-order valence-corrected chi connectivity index (χ4v) is 5.06. The van der Waals surface area contributed by atoms with Crippen LogP contribution in [0, 0.1) is 34.5 Å². The van der Waals surface area contributed by atoms with E-state index in [9.17, 15) is 0 Å². The Bertz CT molecular complexity index is 278. The molecule has 0 aromatic rings. The third kappa shape index (κ3) is 1.02. The largest absolute Gasteiger partial charge is 0.113 e.